The lowest BCUT2D eigenvalue weighted by atomic mass is 10.0. The molecule has 2 heteroatoms. The van der Waals surface area contributed by atoms with Crippen LogP contribution in [0.25, 0.3) is 10.8 Å². The van der Waals surface area contributed by atoms with E-state index < -0.39 is 0 Å². The number of hydrogen-bond acceptors (Lipinski definition) is 2. The van der Waals surface area contributed by atoms with Gasteiger partial charge in [-0.3, -0.25) is 0 Å². The zero-order chi connectivity index (χ0) is 14.5. The smallest absolute Gasteiger partial charge is 0.0732 e. The molecule has 0 fully saturated rings. The van der Waals surface area contributed by atoms with Crippen LogP contribution in [-0.2, 0) is 22.7 Å². The summed E-state index contributed by atoms with van der Waals surface area (Å²) in [4.78, 5) is 0. The van der Waals surface area contributed by atoms with Crippen LogP contribution in [0.3, 0.4) is 0 Å². The van der Waals surface area contributed by atoms with Crippen molar-refractivity contribution in [3.63, 3.8) is 0 Å². The van der Waals surface area contributed by atoms with E-state index in [9.17, 15) is 0 Å². The molecule has 1 radical (unpaired) electrons. The van der Waals surface area contributed by atoms with E-state index in [1.807, 2.05) is 27.7 Å². The van der Waals surface area contributed by atoms with Crippen LogP contribution in [-0.4, -0.2) is 12.2 Å². The number of rotatable bonds is 6. The lowest BCUT2D eigenvalue weighted by molar-refractivity contribution is 0.0628. The Bertz CT molecular complexity index is 558. The summed E-state index contributed by atoms with van der Waals surface area (Å²) in [5, 5.41) is 2.43. The molecule has 2 aromatic rings. The molecule has 0 heterocycles. The fraction of sp³-hybridized carbons (Fsp3) is 0.444. The van der Waals surface area contributed by atoms with E-state index in [4.69, 9.17) is 9.47 Å². The Morgan fingerprint density at radius 3 is 2.30 bits per heavy atom. The van der Waals surface area contributed by atoms with Crippen LogP contribution in [0.1, 0.15) is 38.8 Å². The summed E-state index contributed by atoms with van der Waals surface area (Å²) in [7, 11) is 0. The normalized spacial score (nSPS) is 11.7. The molecule has 107 valence electrons. The molecule has 2 nitrogen and oxygen atoms in total. The maximum Gasteiger partial charge on any atom is 0.0732 e. The molecule has 0 unspecified atom stereocenters. The molecule has 0 saturated heterocycles. The molecule has 0 bridgehead atoms. The standard InChI is InChI=1S/C18H23O2/c1-13(2)19-11-15-9-16-7-5-6-8-18(16)17(10-15)12-20-14(3)4/h5-9,13-14H,11-12H2,1-4H3. The lowest BCUT2D eigenvalue weighted by Crippen LogP contribution is -2.05. The zero-order valence-corrected chi connectivity index (χ0v) is 12.8. The number of ether oxygens (including phenoxy) is 2. The molecule has 0 N–H and O–H groups in total. The average Bonchev–Trinajstić information content (AvgIpc) is 2.42. The summed E-state index contributed by atoms with van der Waals surface area (Å²) in [5.41, 5.74) is 2.19. The third-order valence-electron chi connectivity index (χ3n) is 3.06. The van der Waals surface area contributed by atoms with Gasteiger partial charge in [0, 0.05) is 0 Å². The first-order chi connectivity index (χ1) is 9.56. The van der Waals surface area contributed by atoms with E-state index in [0.29, 0.717) is 13.2 Å². The van der Waals surface area contributed by atoms with Gasteiger partial charge in [-0.2, -0.15) is 0 Å². The van der Waals surface area contributed by atoms with Crippen molar-refractivity contribution >= 4 is 10.8 Å². The monoisotopic (exact) mass is 271 g/mol. The molecule has 2 aromatic carbocycles. The molecule has 2 rings (SSSR count). The molecule has 0 aliphatic carbocycles. The Morgan fingerprint density at radius 2 is 1.60 bits per heavy atom. The highest BCUT2D eigenvalue weighted by atomic mass is 16.5. The van der Waals surface area contributed by atoms with Gasteiger partial charge < -0.3 is 9.47 Å². The van der Waals surface area contributed by atoms with Crippen molar-refractivity contribution in [2.45, 2.75) is 53.1 Å². The van der Waals surface area contributed by atoms with Crippen molar-refractivity contribution in [1.82, 2.24) is 0 Å². The van der Waals surface area contributed by atoms with Gasteiger partial charge in [-0.15, -0.1) is 0 Å². The van der Waals surface area contributed by atoms with Crippen LogP contribution in [0, 0.1) is 6.07 Å². The van der Waals surface area contributed by atoms with Gasteiger partial charge in [0.05, 0.1) is 25.4 Å². The van der Waals surface area contributed by atoms with Gasteiger partial charge in [0.2, 0.25) is 0 Å². The van der Waals surface area contributed by atoms with E-state index in [1.54, 1.807) is 0 Å². The van der Waals surface area contributed by atoms with E-state index in [0.717, 1.165) is 11.1 Å². The van der Waals surface area contributed by atoms with Crippen molar-refractivity contribution in [1.29, 1.82) is 0 Å². The van der Waals surface area contributed by atoms with Crippen LogP contribution < -0.4 is 0 Å². The third kappa shape index (κ3) is 4.06. The molecule has 0 aliphatic heterocycles. The second-order valence-corrected chi connectivity index (χ2v) is 5.58. The van der Waals surface area contributed by atoms with Gasteiger partial charge in [0.1, 0.15) is 0 Å². The Labute approximate surface area is 121 Å². The summed E-state index contributed by atoms with van der Waals surface area (Å²) >= 11 is 0. The molecule has 0 aliphatic rings. The quantitative estimate of drug-likeness (QED) is 0.770. The van der Waals surface area contributed by atoms with Crippen LogP contribution in [0.4, 0.5) is 0 Å². The van der Waals surface area contributed by atoms with Crippen LogP contribution in [0.5, 0.6) is 0 Å². The van der Waals surface area contributed by atoms with Crippen LogP contribution in [0.2, 0.25) is 0 Å². The Morgan fingerprint density at radius 1 is 0.950 bits per heavy atom. The zero-order valence-electron chi connectivity index (χ0n) is 12.8. The highest BCUT2D eigenvalue weighted by Gasteiger charge is 2.07. The van der Waals surface area contributed by atoms with Crippen molar-refractivity contribution in [2.75, 3.05) is 0 Å². The largest absolute Gasteiger partial charge is 0.374 e. The van der Waals surface area contributed by atoms with E-state index in [-0.39, 0.29) is 12.2 Å². The average molecular weight is 271 g/mol. The maximum absolute atomic E-state index is 5.74. The van der Waals surface area contributed by atoms with E-state index in [2.05, 4.69) is 36.4 Å². The first kappa shape index (κ1) is 15.0. The van der Waals surface area contributed by atoms with Crippen LogP contribution in [0.15, 0.2) is 30.3 Å². The molecule has 20 heavy (non-hydrogen) atoms. The van der Waals surface area contributed by atoms with Gasteiger partial charge >= 0.3 is 0 Å². The maximum atomic E-state index is 5.74. The van der Waals surface area contributed by atoms with Gasteiger partial charge in [-0.05, 0) is 61.7 Å². The van der Waals surface area contributed by atoms with Gasteiger partial charge in [0.25, 0.3) is 0 Å². The Balaban J connectivity index is 2.31. The van der Waals surface area contributed by atoms with Crippen molar-refractivity contribution in [3.8, 4) is 0 Å². The minimum atomic E-state index is 0.220. The molecular formula is C18H23O2. The SMILES string of the molecule is CC(C)OCc1[c]c(COC(C)C)c2ccccc2c1. The predicted octanol–water partition coefficient (Wildman–Crippen LogP) is 4.49. The third-order valence-corrected chi connectivity index (χ3v) is 3.06. The van der Waals surface area contributed by atoms with Crippen molar-refractivity contribution < 1.29 is 9.47 Å². The van der Waals surface area contributed by atoms with E-state index in [1.165, 1.54) is 10.8 Å². The summed E-state index contributed by atoms with van der Waals surface area (Å²) in [5.74, 6) is 0. The van der Waals surface area contributed by atoms with E-state index >= 15 is 0 Å². The van der Waals surface area contributed by atoms with Gasteiger partial charge in [-0.1, -0.05) is 24.3 Å². The predicted molar refractivity (Wildman–Crippen MR) is 82.6 cm³/mol. The Kier molecular flexibility index (Phi) is 5.16. The first-order valence-electron chi connectivity index (χ1n) is 7.22. The topological polar surface area (TPSA) is 18.5 Å². The molecule has 0 aromatic heterocycles. The number of fused-ring (bicyclic) bond motifs is 1. The second kappa shape index (κ2) is 6.87. The highest BCUT2D eigenvalue weighted by molar-refractivity contribution is 5.86. The Hall–Kier alpha value is -1.38. The minimum Gasteiger partial charge on any atom is -0.374 e. The number of benzene rings is 2. The second-order valence-electron chi connectivity index (χ2n) is 5.58. The molecule has 0 spiro atoms. The lowest BCUT2D eigenvalue weighted by Gasteiger charge is -2.13. The summed E-state index contributed by atoms with van der Waals surface area (Å²) < 4.78 is 11.4. The minimum absolute atomic E-state index is 0.220. The van der Waals surface area contributed by atoms with Gasteiger partial charge in [0.15, 0.2) is 0 Å². The fourth-order valence-corrected chi connectivity index (χ4v) is 2.08. The number of hydrogen-bond donors (Lipinski definition) is 0. The first-order valence-corrected chi connectivity index (χ1v) is 7.22. The van der Waals surface area contributed by atoms with Gasteiger partial charge in [-0.25, -0.2) is 0 Å². The van der Waals surface area contributed by atoms with Crippen LogP contribution >= 0.6 is 0 Å². The molecule has 0 atom stereocenters. The molecule has 0 amide bonds. The fourth-order valence-electron chi connectivity index (χ4n) is 2.08. The summed E-state index contributed by atoms with van der Waals surface area (Å²) in [6.45, 7) is 9.38. The summed E-state index contributed by atoms with van der Waals surface area (Å²) in [6, 6.07) is 14.0. The van der Waals surface area contributed by atoms with Crippen molar-refractivity contribution in [2.24, 2.45) is 0 Å². The molecule has 0 saturated carbocycles. The molecular weight excluding hydrogens is 248 g/mol. The van der Waals surface area contributed by atoms with Crippen molar-refractivity contribution in [3.05, 3.63) is 47.5 Å². The highest BCUT2D eigenvalue weighted by Crippen LogP contribution is 2.22. The summed E-state index contributed by atoms with van der Waals surface area (Å²) in [6.07, 6.45) is 0.447.